The van der Waals surface area contributed by atoms with Crippen LogP contribution in [0.2, 0.25) is 0 Å². The Balaban J connectivity index is 2.33. The van der Waals surface area contributed by atoms with Gasteiger partial charge in [0.25, 0.3) is 5.91 Å². The number of hydrogen-bond donors (Lipinski definition) is 1. The number of halogens is 2. The predicted molar refractivity (Wildman–Crippen MR) is 76.4 cm³/mol. The van der Waals surface area contributed by atoms with Crippen molar-refractivity contribution in [3.63, 3.8) is 0 Å². The number of carbonyl (C=O) groups is 2. The van der Waals surface area contributed by atoms with Crippen molar-refractivity contribution in [2.24, 2.45) is 0 Å². The highest BCUT2D eigenvalue weighted by atomic mass is 79.9. The molecule has 1 N–H and O–H groups in total. The third-order valence-electron chi connectivity index (χ3n) is 2.43. The average molecular weight is 342 g/mol. The van der Waals surface area contributed by atoms with E-state index in [2.05, 4.69) is 21.2 Å². The van der Waals surface area contributed by atoms with Crippen LogP contribution in [-0.2, 0) is 0 Å². The van der Waals surface area contributed by atoms with E-state index in [9.17, 15) is 14.0 Å². The molecular formula is C13H9BrFNO2S. The summed E-state index contributed by atoms with van der Waals surface area (Å²) in [5.41, 5.74) is 0.459. The predicted octanol–water partition coefficient (Wildman–Crippen LogP) is 4.10. The van der Waals surface area contributed by atoms with E-state index >= 15 is 0 Å². The van der Waals surface area contributed by atoms with Gasteiger partial charge in [-0.25, -0.2) is 4.39 Å². The van der Waals surface area contributed by atoms with E-state index in [1.165, 1.54) is 30.4 Å². The van der Waals surface area contributed by atoms with Crippen molar-refractivity contribution in [3.05, 3.63) is 50.4 Å². The molecule has 6 heteroatoms. The number of thiophene rings is 1. The van der Waals surface area contributed by atoms with Crippen molar-refractivity contribution < 1.29 is 14.0 Å². The molecule has 0 fully saturated rings. The molecule has 1 heterocycles. The van der Waals surface area contributed by atoms with Crippen LogP contribution in [-0.4, -0.2) is 11.7 Å². The molecule has 98 valence electrons. The smallest absolute Gasteiger partial charge is 0.266 e. The Morgan fingerprint density at radius 1 is 1.32 bits per heavy atom. The summed E-state index contributed by atoms with van der Waals surface area (Å²) in [5, 5.41) is 4.32. The number of carbonyl (C=O) groups excluding carboxylic acids is 2. The number of hydrogen-bond acceptors (Lipinski definition) is 3. The summed E-state index contributed by atoms with van der Waals surface area (Å²) >= 11 is 4.51. The lowest BCUT2D eigenvalue weighted by atomic mass is 10.1. The van der Waals surface area contributed by atoms with Crippen molar-refractivity contribution >= 4 is 44.6 Å². The molecule has 3 nitrogen and oxygen atoms in total. The van der Waals surface area contributed by atoms with Gasteiger partial charge in [-0.05, 0) is 52.5 Å². The third kappa shape index (κ3) is 3.08. The minimum Gasteiger partial charge on any atom is -0.320 e. The summed E-state index contributed by atoms with van der Waals surface area (Å²) in [7, 11) is 0. The molecule has 1 amide bonds. The molecule has 0 spiro atoms. The molecule has 2 rings (SSSR count). The lowest BCUT2D eigenvalue weighted by molar-refractivity contribution is 0.101. The highest BCUT2D eigenvalue weighted by Gasteiger charge is 2.15. The van der Waals surface area contributed by atoms with Gasteiger partial charge in [0.05, 0.1) is 5.69 Å². The van der Waals surface area contributed by atoms with Crippen molar-refractivity contribution in [2.45, 2.75) is 6.92 Å². The van der Waals surface area contributed by atoms with Crippen LogP contribution >= 0.6 is 27.3 Å². The second-order valence-electron chi connectivity index (χ2n) is 3.80. The van der Waals surface area contributed by atoms with E-state index in [-0.39, 0.29) is 22.9 Å². The molecule has 0 unspecified atom stereocenters. The number of amides is 1. The minimum absolute atomic E-state index is 0.179. The van der Waals surface area contributed by atoms with Gasteiger partial charge < -0.3 is 5.32 Å². The van der Waals surface area contributed by atoms with Crippen LogP contribution in [0.1, 0.15) is 27.0 Å². The first kappa shape index (κ1) is 13.9. The van der Waals surface area contributed by atoms with Gasteiger partial charge in [0.15, 0.2) is 5.78 Å². The Morgan fingerprint density at radius 3 is 2.63 bits per heavy atom. The lowest BCUT2D eigenvalue weighted by Gasteiger charge is -2.08. The van der Waals surface area contributed by atoms with Gasteiger partial charge in [0.1, 0.15) is 10.7 Å². The first-order valence-corrected chi connectivity index (χ1v) is 7.01. The van der Waals surface area contributed by atoms with Gasteiger partial charge in [-0.15, -0.1) is 11.3 Å². The first-order valence-electron chi connectivity index (χ1n) is 5.34. The number of Topliss-reactive ketones (excluding diaryl/α,β-unsaturated/α-hetero) is 1. The Labute approximate surface area is 121 Å². The summed E-state index contributed by atoms with van der Waals surface area (Å²) in [6.07, 6.45) is 0. The number of rotatable bonds is 3. The fraction of sp³-hybridized carbons (Fsp3) is 0.0769. The molecule has 1 aromatic heterocycles. The maximum absolute atomic E-state index is 13.2. The molecule has 0 bridgehead atoms. The lowest BCUT2D eigenvalue weighted by Crippen LogP contribution is -2.13. The molecule has 0 radical (unpaired) electrons. The van der Waals surface area contributed by atoms with E-state index in [0.29, 0.717) is 9.35 Å². The SMILES string of the molecule is CC(=O)c1ccc(F)cc1NC(=O)c1sccc1Br. The molecule has 0 aliphatic carbocycles. The number of ketones is 1. The fourth-order valence-electron chi connectivity index (χ4n) is 1.56. The van der Waals surface area contributed by atoms with E-state index in [4.69, 9.17) is 0 Å². The van der Waals surface area contributed by atoms with Crippen molar-refractivity contribution in [1.82, 2.24) is 0 Å². The average Bonchev–Trinajstić information content (AvgIpc) is 2.75. The van der Waals surface area contributed by atoms with E-state index in [1.54, 1.807) is 11.4 Å². The number of nitrogens with one attached hydrogen (secondary N) is 1. The summed E-state index contributed by atoms with van der Waals surface area (Å²) in [4.78, 5) is 23.9. The van der Waals surface area contributed by atoms with Crippen LogP contribution in [0.3, 0.4) is 0 Å². The molecule has 0 atom stereocenters. The van der Waals surface area contributed by atoms with Crippen LogP contribution in [0, 0.1) is 5.82 Å². The van der Waals surface area contributed by atoms with Crippen LogP contribution in [0.15, 0.2) is 34.1 Å². The van der Waals surface area contributed by atoms with Gasteiger partial charge >= 0.3 is 0 Å². The number of anilines is 1. The van der Waals surface area contributed by atoms with Gasteiger partial charge in [0, 0.05) is 10.0 Å². The minimum atomic E-state index is -0.509. The highest BCUT2D eigenvalue weighted by Crippen LogP contribution is 2.25. The van der Waals surface area contributed by atoms with Crippen LogP contribution in [0.4, 0.5) is 10.1 Å². The van der Waals surface area contributed by atoms with Crippen molar-refractivity contribution in [3.8, 4) is 0 Å². The zero-order valence-electron chi connectivity index (χ0n) is 9.87. The summed E-state index contributed by atoms with van der Waals surface area (Å²) in [5.74, 6) is -1.12. The van der Waals surface area contributed by atoms with Crippen LogP contribution in [0.25, 0.3) is 0 Å². The molecule has 0 saturated carbocycles. The maximum atomic E-state index is 13.2. The normalized spacial score (nSPS) is 10.3. The monoisotopic (exact) mass is 341 g/mol. The molecular weight excluding hydrogens is 333 g/mol. The fourth-order valence-corrected chi connectivity index (χ4v) is 3.01. The molecule has 2 aromatic rings. The molecule has 1 aromatic carbocycles. The molecule has 0 aliphatic heterocycles. The summed E-state index contributed by atoms with van der Waals surface area (Å²) < 4.78 is 13.9. The van der Waals surface area contributed by atoms with Crippen LogP contribution < -0.4 is 5.32 Å². The Morgan fingerprint density at radius 2 is 2.05 bits per heavy atom. The second-order valence-corrected chi connectivity index (χ2v) is 5.57. The summed E-state index contributed by atoms with van der Waals surface area (Å²) in [6, 6.07) is 5.43. The van der Waals surface area contributed by atoms with Crippen LogP contribution in [0.5, 0.6) is 0 Å². The third-order valence-corrected chi connectivity index (χ3v) is 4.27. The molecule has 19 heavy (non-hydrogen) atoms. The Hall–Kier alpha value is -1.53. The van der Waals surface area contributed by atoms with Gasteiger partial charge in [-0.3, -0.25) is 9.59 Å². The highest BCUT2D eigenvalue weighted by molar-refractivity contribution is 9.10. The number of benzene rings is 1. The summed E-state index contributed by atoms with van der Waals surface area (Å²) in [6.45, 7) is 1.37. The zero-order valence-corrected chi connectivity index (χ0v) is 12.3. The topological polar surface area (TPSA) is 46.2 Å². The molecule has 0 saturated heterocycles. The van der Waals surface area contributed by atoms with Crippen molar-refractivity contribution in [2.75, 3.05) is 5.32 Å². The first-order chi connectivity index (χ1) is 8.99. The standard InChI is InChI=1S/C13H9BrFNO2S/c1-7(17)9-3-2-8(15)6-11(9)16-13(18)12-10(14)4-5-19-12/h2-6H,1H3,(H,16,18). The van der Waals surface area contributed by atoms with E-state index < -0.39 is 5.82 Å². The largest absolute Gasteiger partial charge is 0.320 e. The second kappa shape index (κ2) is 5.63. The Kier molecular flexibility index (Phi) is 4.11. The van der Waals surface area contributed by atoms with Gasteiger partial charge in [0.2, 0.25) is 0 Å². The zero-order chi connectivity index (χ0) is 14.0. The van der Waals surface area contributed by atoms with E-state index in [0.717, 1.165) is 6.07 Å². The van der Waals surface area contributed by atoms with Gasteiger partial charge in [-0.2, -0.15) is 0 Å². The quantitative estimate of drug-likeness (QED) is 0.854. The van der Waals surface area contributed by atoms with E-state index in [1.807, 2.05) is 0 Å². The van der Waals surface area contributed by atoms with Crippen molar-refractivity contribution in [1.29, 1.82) is 0 Å². The maximum Gasteiger partial charge on any atom is 0.266 e. The Bertz CT molecular complexity index is 654. The van der Waals surface area contributed by atoms with Gasteiger partial charge in [-0.1, -0.05) is 0 Å². The molecule has 0 aliphatic rings.